The molecule has 0 aliphatic rings. The minimum absolute atomic E-state index is 0.707. The van der Waals surface area contributed by atoms with Crippen LogP contribution in [0.3, 0.4) is 0 Å². The lowest BCUT2D eigenvalue weighted by atomic mass is 10.3. The molecule has 0 aliphatic carbocycles. The van der Waals surface area contributed by atoms with Crippen LogP contribution in [0, 0.1) is 0 Å². The van der Waals surface area contributed by atoms with Crippen molar-refractivity contribution in [2.75, 3.05) is 0 Å². The fourth-order valence-corrected chi connectivity index (χ4v) is 1.73. The molecule has 0 aliphatic heterocycles. The Kier molecular flexibility index (Phi) is 2.40. The summed E-state index contributed by atoms with van der Waals surface area (Å²) in [5.74, 6) is 1.43. The molecular weight excluding hydrogens is 184 g/mol. The van der Waals surface area contributed by atoms with E-state index >= 15 is 0 Å². The lowest BCUT2D eigenvalue weighted by Gasteiger charge is -1.84. The summed E-state index contributed by atoms with van der Waals surface area (Å²) in [6.07, 6.45) is 1.89. The predicted octanol–water partition coefficient (Wildman–Crippen LogP) is 2.75. The molecule has 2 rings (SSSR count). The third-order valence-electron chi connectivity index (χ3n) is 1.67. The largest absolute Gasteiger partial charge is 0.339 e. The normalized spacial score (nSPS) is 10.5. The van der Waals surface area contributed by atoms with Crippen molar-refractivity contribution in [2.24, 2.45) is 0 Å². The summed E-state index contributed by atoms with van der Waals surface area (Å²) in [5, 5.41) is 5.91. The fraction of sp³-hybridized carbons (Fsp3) is 0.333. The van der Waals surface area contributed by atoms with E-state index in [4.69, 9.17) is 4.52 Å². The third kappa shape index (κ3) is 1.78. The Morgan fingerprint density at radius 3 is 3.15 bits per heavy atom. The predicted molar refractivity (Wildman–Crippen MR) is 51.6 cm³/mol. The first kappa shape index (κ1) is 8.44. The van der Waals surface area contributed by atoms with Crippen LogP contribution in [0.5, 0.6) is 0 Å². The van der Waals surface area contributed by atoms with Crippen LogP contribution in [-0.4, -0.2) is 10.1 Å². The third-order valence-corrected chi connectivity index (χ3v) is 2.54. The van der Waals surface area contributed by atoms with Crippen molar-refractivity contribution in [1.82, 2.24) is 10.1 Å². The van der Waals surface area contributed by atoms with Crippen LogP contribution < -0.4 is 0 Å². The van der Waals surface area contributed by atoms with E-state index in [2.05, 4.69) is 17.1 Å². The summed E-state index contributed by atoms with van der Waals surface area (Å²) in [6, 6.07) is 3.97. The van der Waals surface area contributed by atoms with Crippen molar-refractivity contribution in [3.63, 3.8) is 0 Å². The number of hydrogen-bond donors (Lipinski definition) is 0. The first-order valence-corrected chi connectivity index (χ1v) is 5.14. The van der Waals surface area contributed by atoms with Gasteiger partial charge in [-0.2, -0.15) is 4.98 Å². The number of aryl methyl sites for hydroxylation is 1. The Labute approximate surface area is 80.4 Å². The number of rotatable bonds is 3. The second-order valence-corrected chi connectivity index (χ2v) is 3.69. The van der Waals surface area contributed by atoms with Crippen LogP contribution in [0.25, 0.3) is 10.7 Å². The molecule has 4 heteroatoms. The van der Waals surface area contributed by atoms with E-state index in [-0.39, 0.29) is 0 Å². The van der Waals surface area contributed by atoms with Gasteiger partial charge in [-0.25, -0.2) is 0 Å². The minimum atomic E-state index is 0.707. The lowest BCUT2D eigenvalue weighted by Crippen LogP contribution is -1.81. The Hall–Kier alpha value is -1.16. The van der Waals surface area contributed by atoms with Crippen LogP contribution in [0.1, 0.15) is 19.2 Å². The second kappa shape index (κ2) is 3.70. The van der Waals surface area contributed by atoms with Crippen molar-refractivity contribution in [3.05, 3.63) is 23.4 Å². The highest BCUT2D eigenvalue weighted by atomic mass is 32.1. The molecule has 0 unspecified atom stereocenters. The van der Waals surface area contributed by atoms with Gasteiger partial charge in [0, 0.05) is 6.42 Å². The zero-order valence-electron chi connectivity index (χ0n) is 7.36. The molecule has 0 bridgehead atoms. The molecule has 0 saturated carbocycles. The molecule has 0 saturated heterocycles. The quantitative estimate of drug-likeness (QED) is 0.754. The monoisotopic (exact) mass is 194 g/mol. The molecule has 2 aromatic rings. The summed E-state index contributed by atoms with van der Waals surface area (Å²) in [5.41, 5.74) is 0. The van der Waals surface area contributed by atoms with Gasteiger partial charge < -0.3 is 4.52 Å². The second-order valence-electron chi connectivity index (χ2n) is 2.74. The molecule has 0 N–H and O–H groups in total. The van der Waals surface area contributed by atoms with E-state index in [9.17, 15) is 0 Å². The lowest BCUT2D eigenvalue weighted by molar-refractivity contribution is 0.378. The maximum absolute atomic E-state index is 5.07. The van der Waals surface area contributed by atoms with E-state index in [1.165, 1.54) is 0 Å². The molecule has 0 spiro atoms. The summed E-state index contributed by atoms with van der Waals surface area (Å²) >= 11 is 1.62. The van der Waals surface area contributed by atoms with Crippen LogP contribution in [-0.2, 0) is 6.42 Å². The van der Waals surface area contributed by atoms with Gasteiger partial charge >= 0.3 is 0 Å². The van der Waals surface area contributed by atoms with Gasteiger partial charge in [0.2, 0.25) is 11.7 Å². The van der Waals surface area contributed by atoms with Crippen LogP contribution in [0.15, 0.2) is 22.0 Å². The number of aromatic nitrogens is 2. The van der Waals surface area contributed by atoms with Crippen molar-refractivity contribution in [3.8, 4) is 10.7 Å². The van der Waals surface area contributed by atoms with Gasteiger partial charge in [-0.15, -0.1) is 11.3 Å². The smallest absolute Gasteiger partial charge is 0.226 e. The Morgan fingerprint density at radius 1 is 1.54 bits per heavy atom. The highest BCUT2D eigenvalue weighted by Gasteiger charge is 2.07. The molecule has 2 aromatic heterocycles. The topological polar surface area (TPSA) is 38.9 Å². The van der Waals surface area contributed by atoms with Gasteiger partial charge in [-0.3, -0.25) is 0 Å². The molecule has 2 heterocycles. The summed E-state index contributed by atoms with van der Waals surface area (Å²) in [4.78, 5) is 5.34. The summed E-state index contributed by atoms with van der Waals surface area (Å²) < 4.78 is 5.07. The van der Waals surface area contributed by atoms with E-state index in [1.54, 1.807) is 11.3 Å². The van der Waals surface area contributed by atoms with Gasteiger partial charge in [0.15, 0.2) is 0 Å². The van der Waals surface area contributed by atoms with Gasteiger partial charge in [0.05, 0.1) is 4.88 Å². The Balaban J connectivity index is 2.23. The van der Waals surface area contributed by atoms with Crippen molar-refractivity contribution >= 4 is 11.3 Å². The Bertz CT molecular complexity index is 367. The van der Waals surface area contributed by atoms with Crippen LogP contribution >= 0.6 is 11.3 Å². The maximum atomic E-state index is 5.07. The van der Waals surface area contributed by atoms with E-state index in [0.717, 1.165) is 23.6 Å². The molecule has 68 valence electrons. The number of thiophene rings is 1. The molecule has 3 nitrogen and oxygen atoms in total. The molecule has 0 fully saturated rings. The zero-order chi connectivity index (χ0) is 9.10. The van der Waals surface area contributed by atoms with Gasteiger partial charge in [-0.05, 0) is 17.9 Å². The maximum Gasteiger partial charge on any atom is 0.226 e. The van der Waals surface area contributed by atoms with Gasteiger partial charge in [-0.1, -0.05) is 18.1 Å². The highest BCUT2D eigenvalue weighted by molar-refractivity contribution is 7.13. The summed E-state index contributed by atoms with van der Waals surface area (Å²) in [6.45, 7) is 2.09. The zero-order valence-corrected chi connectivity index (χ0v) is 8.17. The molecular formula is C9H10N2OS. The first-order chi connectivity index (χ1) is 6.40. The van der Waals surface area contributed by atoms with Crippen LogP contribution in [0.4, 0.5) is 0 Å². The average Bonchev–Trinajstić information content (AvgIpc) is 2.70. The van der Waals surface area contributed by atoms with E-state index in [0.29, 0.717) is 5.82 Å². The van der Waals surface area contributed by atoms with E-state index < -0.39 is 0 Å². The standard InChI is InChI=1S/C9H10N2OS/c1-2-4-8-10-9(11-12-8)7-5-3-6-13-7/h3,5-6H,2,4H2,1H3. The van der Waals surface area contributed by atoms with E-state index in [1.807, 2.05) is 17.5 Å². The first-order valence-electron chi connectivity index (χ1n) is 4.26. The number of hydrogen-bond acceptors (Lipinski definition) is 4. The van der Waals surface area contributed by atoms with Crippen molar-refractivity contribution in [1.29, 1.82) is 0 Å². The molecule has 0 amide bonds. The SMILES string of the molecule is CCCc1nc(-c2cccs2)no1. The fourth-order valence-electron chi connectivity index (χ4n) is 1.08. The van der Waals surface area contributed by atoms with Gasteiger partial charge in [0.1, 0.15) is 0 Å². The molecule has 0 aromatic carbocycles. The summed E-state index contributed by atoms with van der Waals surface area (Å²) in [7, 11) is 0. The average molecular weight is 194 g/mol. The molecule has 0 radical (unpaired) electrons. The minimum Gasteiger partial charge on any atom is -0.339 e. The van der Waals surface area contributed by atoms with Gasteiger partial charge in [0.25, 0.3) is 0 Å². The van der Waals surface area contributed by atoms with Crippen molar-refractivity contribution in [2.45, 2.75) is 19.8 Å². The molecule has 13 heavy (non-hydrogen) atoms. The van der Waals surface area contributed by atoms with Crippen LogP contribution in [0.2, 0.25) is 0 Å². The number of nitrogens with zero attached hydrogens (tertiary/aromatic N) is 2. The Morgan fingerprint density at radius 2 is 2.46 bits per heavy atom. The molecule has 0 atom stereocenters. The highest BCUT2D eigenvalue weighted by Crippen LogP contribution is 2.21. The van der Waals surface area contributed by atoms with Crippen molar-refractivity contribution < 1.29 is 4.52 Å².